The lowest BCUT2D eigenvalue weighted by Crippen LogP contribution is -2.60. The molecule has 1 saturated heterocycles. The van der Waals surface area contributed by atoms with Gasteiger partial charge in [-0.2, -0.15) is 0 Å². The number of piperazine rings is 1. The summed E-state index contributed by atoms with van der Waals surface area (Å²) < 4.78 is 34.4. The van der Waals surface area contributed by atoms with Crippen LogP contribution in [-0.2, 0) is 20.8 Å². The number of nitrogens with zero attached hydrogens (tertiary/aromatic N) is 2. The van der Waals surface area contributed by atoms with Gasteiger partial charge in [0.25, 0.3) is 0 Å². The molecule has 5 amide bonds. The number of aromatic carboxylic acids is 1. The number of urea groups is 1. The highest BCUT2D eigenvalue weighted by atomic mass is 35.5. The maximum atomic E-state index is 15.1. The number of benzene rings is 2. The van der Waals surface area contributed by atoms with E-state index in [1.807, 2.05) is 0 Å². The van der Waals surface area contributed by atoms with Gasteiger partial charge in [-0.1, -0.05) is 17.7 Å². The molecule has 0 bridgehead atoms. The summed E-state index contributed by atoms with van der Waals surface area (Å²) in [5.74, 6) is -11.6. The topological polar surface area (TPSA) is 232 Å². The molecule has 0 saturated carbocycles. The molecule has 2 aromatic rings. The second-order valence-corrected chi connectivity index (χ2v) is 10.1. The van der Waals surface area contributed by atoms with Crippen molar-refractivity contribution in [3.8, 4) is 17.2 Å². The summed E-state index contributed by atoms with van der Waals surface area (Å²) in [4.78, 5) is 65.1. The number of halogens is 3. The predicted octanol–water partition coefficient (Wildman–Crippen LogP) is -0.362. The minimum Gasteiger partial charge on any atom is -0.534 e. The van der Waals surface area contributed by atoms with Crippen molar-refractivity contribution in [3.63, 3.8) is 0 Å². The monoisotopic (exact) mass is 639 g/mol. The fourth-order valence-corrected chi connectivity index (χ4v) is 5.03. The second kappa shape index (κ2) is 12.9. The Morgan fingerprint density at radius 1 is 1.16 bits per heavy atom. The first kappa shape index (κ1) is 32.2. The van der Waals surface area contributed by atoms with E-state index in [1.165, 1.54) is 4.90 Å². The van der Waals surface area contributed by atoms with E-state index in [0.29, 0.717) is 17.4 Å². The number of fused-ring (bicyclic) bond motifs is 1. The minimum atomic E-state index is -2.14. The highest BCUT2D eigenvalue weighted by Gasteiger charge is 2.42. The molecular weight excluding hydrogens is 615 g/mol. The van der Waals surface area contributed by atoms with E-state index in [2.05, 4.69) is 10.6 Å². The van der Waals surface area contributed by atoms with Crippen LogP contribution in [0.15, 0.2) is 18.2 Å². The van der Waals surface area contributed by atoms with Gasteiger partial charge in [-0.15, -0.1) is 0 Å². The van der Waals surface area contributed by atoms with Crippen molar-refractivity contribution in [2.24, 2.45) is 5.73 Å². The molecule has 2 atom stereocenters. The standard InChI is InChI=1S/C25H25BClF2N5O10/c27-17-15(12(29)9-13(35)19(17)36)18(32-25(42)34-7-6-33(5-1-4-30)22(38)23(34)39)21(37)31-14-8-10-2-3-11(28)16(24(40)41)20(10)44-26(14)43/h2-3,9,14,18,35-36,43H,1,4-8,30H2,(H,31,37)(H,32,42)(H,40,41). The van der Waals surface area contributed by atoms with Gasteiger partial charge in [0.2, 0.25) is 5.91 Å². The number of carbonyl (C=O) groups is 5. The summed E-state index contributed by atoms with van der Waals surface area (Å²) in [5, 5.41) is 43.2. The third kappa shape index (κ3) is 6.17. The summed E-state index contributed by atoms with van der Waals surface area (Å²) >= 11 is 6.03. The van der Waals surface area contributed by atoms with E-state index in [4.69, 9.17) is 22.0 Å². The van der Waals surface area contributed by atoms with Gasteiger partial charge < -0.3 is 46.3 Å². The molecule has 8 N–H and O–H groups in total. The van der Waals surface area contributed by atoms with Gasteiger partial charge in [0, 0.05) is 31.3 Å². The third-order valence-electron chi connectivity index (χ3n) is 6.97. The van der Waals surface area contributed by atoms with Crippen LogP contribution in [0.1, 0.15) is 33.9 Å². The summed E-state index contributed by atoms with van der Waals surface area (Å²) in [6.07, 6.45) is 0.0710. The highest BCUT2D eigenvalue weighted by Crippen LogP contribution is 2.40. The minimum absolute atomic E-state index is 0.0616. The number of rotatable bonds is 8. The lowest BCUT2D eigenvalue weighted by Gasteiger charge is -2.34. The van der Waals surface area contributed by atoms with Crippen molar-refractivity contribution >= 4 is 48.4 Å². The molecule has 234 valence electrons. The SMILES string of the molecule is NCCCN1CCN(C(=O)NC(C(=O)NC2Cc3ccc(F)c(C(=O)O)c3OB2O)c2c(F)cc(O)c(O)c2Cl)C(=O)C1=O. The second-order valence-electron chi connectivity index (χ2n) is 9.77. The molecule has 15 nitrogen and oxygen atoms in total. The van der Waals surface area contributed by atoms with E-state index >= 15 is 4.39 Å². The van der Waals surface area contributed by atoms with E-state index in [0.717, 1.165) is 12.1 Å². The largest absolute Gasteiger partial charge is 0.547 e. The number of nitrogens with two attached hydrogens (primary N) is 1. The average Bonchev–Trinajstić information content (AvgIpc) is 2.96. The number of amides is 5. The van der Waals surface area contributed by atoms with Crippen LogP contribution < -0.4 is 21.0 Å². The number of carboxylic acid groups (broad SMARTS) is 1. The number of carbonyl (C=O) groups excluding carboxylic acids is 4. The predicted molar refractivity (Wildman–Crippen MR) is 146 cm³/mol. The molecule has 0 radical (unpaired) electrons. The van der Waals surface area contributed by atoms with Crippen molar-refractivity contribution in [1.29, 1.82) is 0 Å². The Labute approximate surface area is 252 Å². The number of hydrogen-bond acceptors (Lipinski definition) is 10. The van der Waals surface area contributed by atoms with Gasteiger partial charge in [-0.3, -0.25) is 19.3 Å². The van der Waals surface area contributed by atoms with Crippen LogP contribution >= 0.6 is 11.6 Å². The van der Waals surface area contributed by atoms with Crippen LogP contribution in [-0.4, -0.2) is 99.1 Å². The van der Waals surface area contributed by atoms with Crippen LogP contribution in [0.2, 0.25) is 5.02 Å². The van der Waals surface area contributed by atoms with Crippen molar-refractivity contribution in [2.45, 2.75) is 24.8 Å². The zero-order valence-corrected chi connectivity index (χ0v) is 23.3. The Bertz CT molecular complexity index is 1550. The summed E-state index contributed by atoms with van der Waals surface area (Å²) in [5.41, 5.74) is 3.80. The molecule has 0 aliphatic carbocycles. The Morgan fingerprint density at radius 2 is 1.86 bits per heavy atom. The molecule has 0 spiro atoms. The molecule has 2 aromatic carbocycles. The zero-order valence-electron chi connectivity index (χ0n) is 22.6. The zero-order chi connectivity index (χ0) is 32.5. The molecule has 2 heterocycles. The molecular formula is C25H25BClF2N5O10. The van der Waals surface area contributed by atoms with Gasteiger partial charge in [-0.25, -0.2) is 18.4 Å². The summed E-state index contributed by atoms with van der Waals surface area (Å²) in [6.45, 7) is 0.0358. The van der Waals surface area contributed by atoms with Crippen molar-refractivity contribution in [2.75, 3.05) is 26.2 Å². The van der Waals surface area contributed by atoms with E-state index in [9.17, 15) is 48.7 Å². The Morgan fingerprint density at radius 3 is 2.52 bits per heavy atom. The number of nitrogens with one attached hydrogen (secondary N) is 2. The first-order valence-corrected chi connectivity index (χ1v) is 13.3. The Balaban J connectivity index is 1.63. The van der Waals surface area contributed by atoms with E-state index < -0.39 is 93.9 Å². The number of carboxylic acids is 1. The van der Waals surface area contributed by atoms with Crippen molar-refractivity contribution in [3.05, 3.63) is 51.5 Å². The molecule has 2 unspecified atom stereocenters. The smallest absolute Gasteiger partial charge is 0.534 e. The van der Waals surface area contributed by atoms with Crippen LogP contribution in [0.5, 0.6) is 17.2 Å². The van der Waals surface area contributed by atoms with Crippen LogP contribution in [0.3, 0.4) is 0 Å². The van der Waals surface area contributed by atoms with Gasteiger partial charge in [0.05, 0.1) is 11.0 Å². The fraction of sp³-hybridized carbons (Fsp3) is 0.320. The molecule has 2 aliphatic rings. The third-order valence-corrected chi connectivity index (χ3v) is 7.35. The Kier molecular flexibility index (Phi) is 9.46. The van der Waals surface area contributed by atoms with Crippen molar-refractivity contribution in [1.82, 2.24) is 20.4 Å². The molecule has 1 fully saturated rings. The summed E-state index contributed by atoms with van der Waals surface area (Å²) in [7, 11) is -1.96. The first-order valence-electron chi connectivity index (χ1n) is 13.0. The lowest BCUT2D eigenvalue weighted by atomic mass is 9.72. The molecule has 0 aromatic heterocycles. The normalized spacial score (nSPS) is 17.1. The Hall–Kier alpha value is -4.68. The van der Waals surface area contributed by atoms with Gasteiger partial charge in [-0.05, 0) is 31.0 Å². The van der Waals surface area contributed by atoms with Gasteiger partial charge >= 0.3 is 30.9 Å². The number of aromatic hydroxyl groups is 2. The number of imide groups is 1. The number of phenols is 2. The maximum Gasteiger partial charge on any atom is 0.547 e. The van der Waals surface area contributed by atoms with Crippen LogP contribution in [0.25, 0.3) is 0 Å². The van der Waals surface area contributed by atoms with Gasteiger partial charge in [0.1, 0.15) is 29.0 Å². The number of hydrogen-bond donors (Lipinski definition) is 7. The maximum absolute atomic E-state index is 15.1. The quantitative estimate of drug-likeness (QED) is 0.112. The fourth-order valence-electron chi connectivity index (χ4n) is 4.74. The number of phenolic OH excluding ortho intramolecular Hbond substituents is 2. The van der Waals surface area contributed by atoms with Crippen molar-refractivity contribution < 1.29 is 57.8 Å². The van der Waals surface area contributed by atoms with E-state index in [1.54, 1.807) is 0 Å². The van der Waals surface area contributed by atoms with Crippen LogP contribution in [0.4, 0.5) is 13.6 Å². The first-order chi connectivity index (χ1) is 20.8. The lowest BCUT2D eigenvalue weighted by molar-refractivity contribution is -0.153. The average molecular weight is 640 g/mol. The van der Waals surface area contributed by atoms with Crippen LogP contribution in [0, 0.1) is 11.6 Å². The molecule has 19 heteroatoms. The molecule has 44 heavy (non-hydrogen) atoms. The molecule has 2 aliphatic heterocycles. The molecule has 4 rings (SSSR count). The highest BCUT2D eigenvalue weighted by molar-refractivity contribution is 6.47. The van der Waals surface area contributed by atoms with E-state index in [-0.39, 0.29) is 38.2 Å². The van der Waals surface area contributed by atoms with Gasteiger partial charge in [0.15, 0.2) is 11.5 Å². The summed E-state index contributed by atoms with van der Waals surface area (Å²) in [6, 6.07) is -1.06.